The van der Waals surface area contributed by atoms with Gasteiger partial charge in [0.2, 0.25) is 0 Å². The monoisotopic (exact) mass is 434 g/mol. The van der Waals surface area contributed by atoms with Crippen LogP contribution < -0.4 is 5.32 Å². The maximum atomic E-state index is 6.11. The normalized spacial score (nSPS) is 18.0. The third kappa shape index (κ3) is 3.60. The number of rotatable bonds is 5. The Balaban J connectivity index is 1.36. The molecule has 0 saturated carbocycles. The molecule has 0 amide bonds. The third-order valence-corrected chi connectivity index (χ3v) is 7.49. The Morgan fingerprint density at radius 1 is 1.16 bits per heavy atom. The molecule has 0 radical (unpaired) electrons. The molecule has 1 atom stereocenters. The van der Waals surface area contributed by atoms with E-state index < -0.39 is 0 Å². The second-order valence-electron chi connectivity index (χ2n) is 8.47. The first-order valence-electron chi connectivity index (χ1n) is 11.1. The number of furan rings is 1. The molecule has 3 aromatic heterocycles. The van der Waals surface area contributed by atoms with E-state index in [1.165, 1.54) is 22.2 Å². The molecule has 1 aliphatic heterocycles. The van der Waals surface area contributed by atoms with E-state index in [4.69, 9.17) is 19.1 Å². The number of nitrogens with zero attached hydrogens (tertiary/aromatic N) is 3. The van der Waals surface area contributed by atoms with Crippen molar-refractivity contribution in [2.45, 2.75) is 38.8 Å². The van der Waals surface area contributed by atoms with Crippen LogP contribution in [0, 0.1) is 0 Å². The number of fused-ring (bicyclic) bond motifs is 4. The van der Waals surface area contributed by atoms with Crippen LogP contribution in [0.25, 0.3) is 21.2 Å². The average molecular weight is 435 g/mol. The Kier molecular flexibility index (Phi) is 4.89. The summed E-state index contributed by atoms with van der Waals surface area (Å²) in [4.78, 5) is 15.0. The highest BCUT2D eigenvalue weighted by Crippen LogP contribution is 2.40. The average Bonchev–Trinajstić information content (AvgIpc) is 3.48. The first kappa shape index (κ1) is 19.2. The Morgan fingerprint density at radius 2 is 2.03 bits per heavy atom. The minimum Gasteiger partial charge on any atom is -0.459 e. The fourth-order valence-corrected chi connectivity index (χ4v) is 5.95. The lowest BCUT2D eigenvalue weighted by Gasteiger charge is -2.26. The van der Waals surface area contributed by atoms with Gasteiger partial charge in [-0.15, -0.1) is 11.3 Å². The highest BCUT2D eigenvalue weighted by molar-refractivity contribution is 7.19. The molecule has 4 aromatic rings. The van der Waals surface area contributed by atoms with Gasteiger partial charge in [-0.05, 0) is 43.9 Å². The topological polar surface area (TPSA) is 63.4 Å². The summed E-state index contributed by atoms with van der Waals surface area (Å²) in [5.41, 5.74) is 2.36. The Bertz CT molecular complexity index is 1210. The van der Waals surface area contributed by atoms with Crippen LogP contribution in [0.2, 0.25) is 0 Å². The van der Waals surface area contributed by atoms with Gasteiger partial charge in [-0.25, -0.2) is 9.97 Å². The fourth-order valence-electron chi connectivity index (χ4n) is 4.67. The molecule has 0 bridgehead atoms. The number of morpholine rings is 1. The smallest absolute Gasteiger partial charge is 0.146 e. The van der Waals surface area contributed by atoms with Crippen LogP contribution in [-0.4, -0.2) is 41.2 Å². The number of nitrogens with one attached hydrogen (secondary N) is 1. The Labute approximate surface area is 185 Å². The van der Waals surface area contributed by atoms with Crippen molar-refractivity contribution in [2.75, 3.05) is 31.6 Å². The predicted octanol–water partition coefficient (Wildman–Crippen LogP) is 4.93. The highest BCUT2D eigenvalue weighted by Gasteiger charge is 2.24. The molecule has 1 aliphatic carbocycles. The van der Waals surface area contributed by atoms with E-state index in [1.807, 2.05) is 29.5 Å². The van der Waals surface area contributed by atoms with Crippen molar-refractivity contribution in [3.05, 3.63) is 52.4 Å². The van der Waals surface area contributed by atoms with Crippen LogP contribution in [0.4, 0.5) is 5.82 Å². The van der Waals surface area contributed by atoms with Gasteiger partial charge in [-0.3, -0.25) is 4.90 Å². The molecule has 1 unspecified atom stereocenters. The second kappa shape index (κ2) is 7.89. The quantitative estimate of drug-likeness (QED) is 0.480. The first-order chi connectivity index (χ1) is 15.2. The molecule has 1 fully saturated rings. The third-order valence-electron chi connectivity index (χ3n) is 6.30. The van der Waals surface area contributed by atoms with Crippen LogP contribution >= 0.6 is 11.3 Å². The van der Waals surface area contributed by atoms with Crippen molar-refractivity contribution in [3.8, 4) is 0 Å². The molecule has 4 heterocycles. The van der Waals surface area contributed by atoms with Crippen molar-refractivity contribution < 1.29 is 9.15 Å². The Hall–Kier alpha value is -2.48. The molecule has 160 valence electrons. The van der Waals surface area contributed by atoms with Crippen LogP contribution in [0.5, 0.6) is 0 Å². The maximum absolute atomic E-state index is 6.11. The largest absolute Gasteiger partial charge is 0.459 e. The lowest BCUT2D eigenvalue weighted by Crippen LogP contribution is -2.36. The summed E-state index contributed by atoms with van der Waals surface area (Å²) in [6, 6.07) is 10.3. The number of aryl methyl sites for hydroxylation is 2. The van der Waals surface area contributed by atoms with Gasteiger partial charge in [0.25, 0.3) is 0 Å². The maximum Gasteiger partial charge on any atom is 0.146 e. The first-order valence-corrected chi connectivity index (χ1v) is 11.9. The fraction of sp³-hybridized carbons (Fsp3) is 0.417. The molecule has 7 heteroatoms. The van der Waals surface area contributed by atoms with Crippen LogP contribution in [0.1, 0.15) is 41.4 Å². The van der Waals surface area contributed by atoms with Crippen molar-refractivity contribution in [1.82, 2.24) is 14.9 Å². The molecule has 1 saturated heterocycles. The molecule has 0 spiro atoms. The van der Waals surface area contributed by atoms with Crippen molar-refractivity contribution in [1.29, 1.82) is 0 Å². The number of aromatic nitrogens is 2. The molecule has 6 nitrogen and oxygen atoms in total. The molecule has 6 rings (SSSR count). The Morgan fingerprint density at radius 3 is 2.90 bits per heavy atom. The summed E-state index contributed by atoms with van der Waals surface area (Å²) >= 11 is 1.85. The molecule has 1 N–H and O–H groups in total. The van der Waals surface area contributed by atoms with Gasteiger partial charge in [-0.2, -0.15) is 0 Å². The van der Waals surface area contributed by atoms with E-state index in [0.717, 1.165) is 78.9 Å². The number of benzene rings is 1. The van der Waals surface area contributed by atoms with Crippen molar-refractivity contribution in [3.63, 3.8) is 0 Å². The molecule has 2 aliphatic rings. The second-order valence-corrected chi connectivity index (χ2v) is 9.55. The number of hydrogen-bond acceptors (Lipinski definition) is 7. The van der Waals surface area contributed by atoms with Gasteiger partial charge < -0.3 is 14.5 Å². The van der Waals surface area contributed by atoms with E-state index >= 15 is 0 Å². The van der Waals surface area contributed by atoms with Crippen molar-refractivity contribution in [2.24, 2.45) is 0 Å². The molecule has 31 heavy (non-hydrogen) atoms. The van der Waals surface area contributed by atoms with Gasteiger partial charge in [-0.1, -0.05) is 18.2 Å². The van der Waals surface area contributed by atoms with E-state index in [2.05, 4.69) is 29.3 Å². The zero-order valence-electron chi connectivity index (χ0n) is 17.7. The summed E-state index contributed by atoms with van der Waals surface area (Å²) in [5.74, 6) is 2.75. The number of anilines is 1. The summed E-state index contributed by atoms with van der Waals surface area (Å²) in [6.45, 7) is 6.32. The van der Waals surface area contributed by atoms with Crippen molar-refractivity contribution >= 4 is 38.3 Å². The van der Waals surface area contributed by atoms with E-state index in [-0.39, 0.29) is 6.04 Å². The van der Waals surface area contributed by atoms with Gasteiger partial charge in [0.1, 0.15) is 27.8 Å². The number of para-hydroxylation sites is 1. The van der Waals surface area contributed by atoms with Gasteiger partial charge in [0, 0.05) is 23.4 Å². The van der Waals surface area contributed by atoms with Gasteiger partial charge >= 0.3 is 0 Å². The minimum absolute atomic E-state index is 0.0127. The summed E-state index contributed by atoms with van der Waals surface area (Å²) in [6.07, 6.45) is 3.51. The summed E-state index contributed by atoms with van der Waals surface area (Å²) in [7, 11) is 0. The zero-order chi connectivity index (χ0) is 20.8. The summed E-state index contributed by atoms with van der Waals surface area (Å²) in [5, 5.41) is 6.02. The molecule has 1 aromatic carbocycles. The SMILES string of the molecule is CC(Nc1nc(CN2CCOCC2)nc2sc3c(c12)CCC3)c1cc2ccccc2o1. The lowest BCUT2D eigenvalue weighted by molar-refractivity contribution is 0.0331. The number of ether oxygens (including phenoxy) is 1. The van der Waals surface area contributed by atoms with Crippen LogP contribution in [0.3, 0.4) is 0 Å². The van der Waals surface area contributed by atoms with Crippen LogP contribution in [-0.2, 0) is 24.1 Å². The van der Waals surface area contributed by atoms with Gasteiger partial charge in [0.15, 0.2) is 0 Å². The van der Waals surface area contributed by atoms with E-state index in [0.29, 0.717) is 0 Å². The van der Waals surface area contributed by atoms with Gasteiger partial charge in [0.05, 0.1) is 31.2 Å². The highest BCUT2D eigenvalue weighted by atomic mass is 32.1. The number of hydrogen-bond donors (Lipinski definition) is 1. The van der Waals surface area contributed by atoms with E-state index in [9.17, 15) is 0 Å². The predicted molar refractivity (Wildman–Crippen MR) is 124 cm³/mol. The zero-order valence-corrected chi connectivity index (χ0v) is 18.5. The lowest BCUT2D eigenvalue weighted by atomic mass is 10.1. The summed E-state index contributed by atoms with van der Waals surface area (Å²) < 4.78 is 11.6. The standard InChI is InChI=1S/C24H26N4O2S/c1-15(19-13-16-5-2-3-7-18(16)30-19)25-23-22-17-6-4-8-20(17)31-24(22)27-21(26-23)14-28-9-11-29-12-10-28/h2-3,5,7,13,15H,4,6,8-12,14H2,1H3,(H,25,26,27). The minimum atomic E-state index is 0.0127. The number of thiophene rings is 1. The molecular weight excluding hydrogens is 408 g/mol. The molecular formula is C24H26N4O2S. The van der Waals surface area contributed by atoms with E-state index in [1.54, 1.807) is 0 Å². The van der Waals surface area contributed by atoms with Crippen LogP contribution in [0.15, 0.2) is 34.7 Å².